The monoisotopic (exact) mass is 348 g/mol. The number of rotatable bonds is 6. The van der Waals surface area contributed by atoms with Crippen molar-refractivity contribution in [1.82, 2.24) is 14.5 Å². The number of carbonyl (C=O) groups is 1. The second-order valence-corrected chi connectivity index (χ2v) is 7.79. The molecule has 0 bridgehead atoms. The lowest BCUT2D eigenvalue weighted by molar-refractivity contribution is -0.130. The molecule has 2 unspecified atom stereocenters. The van der Waals surface area contributed by atoms with E-state index >= 15 is 0 Å². The first kappa shape index (κ1) is 16.7. The van der Waals surface area contributed by atoms with Gasteiger partial charge in [-0.15, -0.1) is 0 Å². The molecule has 3 rings (SSSR count). The Balaban J connectivity index is 1.84. The summed E-state index contributed by atoms with van der Waals surface area (Å²) in [7, 11) is -3.59. The van der Waals surface area contributed by atoms with Gasteiger partial charge in [0.05, 0.1) is 18.1 Å². The molecule has 1 aromatic heterocycles. The van der Waals surface area contributed by atoms with Crippen LogP contribution in [0.1, 0.15) is 18.0 Å². The van der Waals surface area contributed by atoms with Crippen molar-refractivity contribution in [2.45, 2.75) is 19.0 Å². The molecule has 2 N–H and O–H groups in total. The van der Waals surface area contributed by atoms with Crippen molar-refractivity contribution in [2.75, 3.05) is 12.3 Å². The van der Waals surface area contributed by atoms with Crippen molar-refractivity contribution in [3.05, 3.63) is 54.6 Å². The molecular weight excluding hydrogens is 328 g/mol. The minimum atomic E-state index is -3.59. The summed E-state index contributed by atoms with van der Waals surface area (Å²) in [6.07, 6.45) is 5.46. The number of likely N-dealkylation sites (tertiary alicyclic amines) is 1. The SMILES string of the molecule is NS(=O)(=O)CC1CC(=O)N(C(Cn2ccnc2)c2ccccc2)C1. The molecular formula is C16H20N4O3S. The van der Waals surface area contributed by atoms with E-state index in [4.69, 9.17) is 5.14 Å². The maximum atomic E-state index is 12.5. The molecule has 2 heterocycles. The largest absolute Gasteiger partial charge is 0.335 e. The summed E-state index contributed by atoms with van der Waals surface area (Å²) in [5.74, 6) is -0.471. The molecule has 1 saturated heterocycles. The fourth-order valence-corrected chi connectivity index (χ4v) is 4.08. The van der Waals surface area contributed by atoms with E-state index in [1.807, 2.05) is 41.1 Å². The number of hydrogen-bond donors (Lipinski definition) is 1. The second-order valence-electron chi connectivity index (χ2n) is 6.13. The number of primary sulfonamides is 1. The summed E-state index contributed by atoms with van der Waals surface area (Å²) in [6.45, 7) is 0.960. The molecule has 24 heavy (non-hydrogen) atoms. The van der Waals surface area contributed by atoms with Crippen molar-refractivity contribution in [3.8, 4) is 0 Å². The lowest BCUT2D eigenvalue weighted by Gasteiger charge is -2.29. The Labute approximate surface area is 141 Å². The molecule has 7 nitrogen and oxygen atoms in total. The number of amides is 1. The summed E-state index contributed by atoms with van der Waals surface area (Å²) in [4.78, 5) is 18.3. The standard InChI is InChI=1S/C16H20N4O3S/c17-24(22,23)11-13-8-16(21)20(9-13)15(10-19-7-6-18-12-19)14-4-2-1-3-5-14/h1-7,12-13,15H,8-11H2,(H2,17,22,23). The molecule has 2 atom stereocenters. The highest BCUT2D eigenvalue weighted by Gasteiger charge is 2.36. The molecule has 0 radical (unpaired) electrons. The van der Waals surface area contributed by atoms with Crippen LogP contribution < -0.4 is 5.14 Å². The van der Waals surface area contributed by atoms with Crippen molar-refractivity contribution in [1.29, 1.82) is 0 Å². The van der Waals surface area contributed by atoms with Gasteiger partial charge in [-0.2, -0.15) is 0 Å². The molecule has 1 aliphatic rings. The first-order valence-electron chi connectivity index (χ1n) is 7.73. The molecule has 1 aliphatic heterocycles. The Morgan fingerprint density at radius 2 is 2.04 bits per heavy atom. The predicted octanol–water partition coefficient (Wildman–Crippen LogP) is 0.761. The van der Waals surface area contributed by atoms with Crippen molar-refractivity contribution in [3.63, 3.8) is 0 Å². The van der Waals surface area contributed by atoms with Crippen LogP contribution in [0.15, 0.2) is 49.1 Å². The number of hydrogen-bond acceptors (Lipinski definition) is 4. The average Bonchev–Trinajstić information content (AvgIpc) is 3.14. The number of carbonyl (C=O) groups excluding carboxylic acids is 1. The summed E-state index contributed by atoms with van der Waals surface area (Å²) < 4.78 is 24.6. The predicted molar refractivity (Wildman–Crippen MR) is 89.2 cm³/mol. The quantitative estimate of drug-likeness (QED) is 0.833. The Hall–Kier alpha value is -2.19. The lowest BCUT2D eigenvalue weighted by atomic mass is 10.1. The molecule has 2 aromatic rings. The van der Waals surface area contributed by atoms with Crippen molar-refractivity contribution >= 4 is 15.9 Å². The topological polar surface area (TPSA) is 98.3 Å². The van der Waals surface area contributed by atoms with E-state index in [2.05, 4.69) is 4.98 Å². The Morgan fingerprint density at radius 3 is 2.67 bits per heavy atom. The molecule has 1 fully saturated rings. The minimum absolute atomic E-state index is 0.0439. The fourth-order valence-electron chi connectivity index (χ4n) is 3.20. The Kier molecular flexibility index (Phi) is 4.68. The van der Waals surface area contributed by atoms with E-state index in [1.54, 1.807) is 17.4 Å². The van der Waals surface area contributed by atoms with Crippen molar-refractivity contribution in [2.24, 2.45) is 11.1 Å². The molecule has 128 valence electrons. The number of nitrogens with zero attached hydrogens (tertiary/aromatic N) is 3. The third kappa shape index (κ3) is 4.01. The van der Waals surface area contributed by atoms with Crippen LogP contribution in [0.4, 0.5) is 0 Å². The molecule has 0 saturated carbocycles. The van der Waals surface area contributed by atoms with Crippen LogP contribution in [0.25, 0.3) is 0 Å². The Morgan fingerprint density at radius 1 is 1.29 bits per heavy atom. The van der Waals surface area contributed by atoms with E-state index < -0.39 is 10.0 Å². The van der Waals surface area contributed by atoms with Crippen LogP contribution in [-0.4, -0.2) is 41.1 Å². The third-order valence-electron chi connectivity index (χ3n) is 4.21. The van der Waals surface area contributed by atoms with Gasteiger partial charge in [0.1, 0.15) is 0 Å². The van der Waals surface area contributed by atoms with Crippen LogP contribution >= 0.6 is 0 Å². The van der Waals surface area contributed by atoms with Gasteiger partial charge in [-0.3, -0.25) is 4.79 Å². The van der Waals surface area contributed by atoms with Crippen LogP contribution in [0.2, 0.25) is 0 Å². The number of benzene rings is 1. The van der Waals surface area contributed by atoms with E-state index in [9.17, 15) is 13.2 Å². The summed E-state index contributed by atoms with van der Waals surface area (Å²) in [6, 6.07) is 9.56. The number of nitrogens with two attached hydrogens (primary N) is 1. The van der Waals surface area contributed by atoms with Crippen LogP contribution in [0.5, 0.6) is 0 Å². The summed E-state index contributed by atoms with van der Waals surface area (Å²) in [5.41, 5.74) is 1.01. The normalized spacial score (nSPS) is 19.6. The van der Waals surface area contributed by atoms with E-state index in [0.29, 0.717) is 13.1 Å². The first-order chi connectivity index (χ1) is 11.4. The van der Waals surface area contributed by atoms with E-state index in [-0.39, 0.29) is 30.0 Å². The van der Waals surface area contributed by atoms with E-state index in [0.717, 1.165) is 5.56 Å². The van der Waals surface area contributed by atoms with E-state index in [1.165, 1.54) is 0 Å². The highest BCUT2D eigenvalue weighted by molar-refractivity contribution is 7.89. The maximum Gasteiger partial charge on any atom is 0.223 e. The fraction of sp³-hybridized carbons (Fsp3) is 0.375. The van der Waals surface area contributed by atoms with Gasteiger partial charge in [0.25, 0.3) is 0 Å². The third-order valence-corrected chi connectivity index (χ3v) is 5.15. The van der Waals surface area contributed by atoms with Crippen LogP contribution in [0.3, 0.4) is 0 Å². The molecule has 0 spiro atoms. The number of imidazole rings is 1. The second kappa shape index (κ2) is 6.74. The number of aromatic nitrogens is 2. The molecule has 8 heteroatoms. The zero-order valence-corrected chi connectivity index (χ0v) is 14.0. The highest BCUT2D eigenvalue weighted by Crippen LogP contribution is 2.30. The summed E-state index contributed by atoms with van der Waals surface area (Å²) in [5, 5.41) is 5.13. The summed E-state index contributed by atoms with van der Waals surface area (Å²) >= 11 is 0. The maximum absolute atomic E-state index is 12.5. The lowest BCUT2D eigenvalue weighted by Crippen LogP contribution is -2.33. The van der Waals surface area contributed by atoms with Gasteiger partial charge in [0.2, 0.25) is 15.9 Å². The van der Waals surface area contributed by atoms with Gasteiger partial charge in [-0.1, -0.05) is 30.3 Å². The van der Waals surface area contributed by atoms with Crippen molar-refractivity contribution < 1.29 is 13.2 Å². The van der Waals surface area contributed by atoms with Gasteiger partial charge < -0.3 is 9.47 Å². The molecule has 1 aromatic carbocycles. The molecule has 1 amide bonds. The van der Waals surface area contributed by atoms with Gasteiger partial charge >= 0.3 is 0 Å². The van der Waals surface area contributed by atoms with Crippen LogP contribution in [0, 0.1) is 5.92 Å². The van der Waals surface area contributed by atoms with Gasteiger partial charge in [0.15, 0.2) is 0 Å². The minimum Gasteiger partial charge on any atom is -0.335 e. The molecule has 0 aliphatic carbocycles. The zero-order valence-electron chi connectivity index (χ0n) is 13.2. The number of sulfonamides is 1. The first-order valence-corrected chi connectivity index (χ1v) is 9.44. The van der Waals surface area contributed by atoms with Gasteiger partial charge in [-0.25, -0.2) is 18.5 Å². The Bertz CT molecular complexity index is 790. The van der Waals surface area contributed by atoms with Gasteiger partial charge in [-0.05, 0) is 5.56 Å². The van der Waals surface area contributed by atoms with Crippen LogP contribution in [-0.2, 0) is 21.4 Å². The average molecular weight is 348 g/mol. The smallest absolute Gasteiger partial charge is 0.223 e. The zero-order chi connectivity index (χ0) is 17.2. The highest BCUT2D eigenvalue weighted by atomic mass is 32.2. The van der Waals surface area contributed by atoms with Gasteiger partial charge in [0, 0.05) is 37.8 Å².